The first-order valence-electron chi connectivity index (χ1n) is 10.1. The number of rotatable bonds is 6. The molecule has 0 saturated carbocycles. The minimum absolute atomic E-state index is 0.0680. The molecule has 0 spiro atoms. The Morgan fingerprint density at radius 3 is 2.52 bits per heavy atom. The number of ether oxygens (including phenoxy) is 1. The van der Waals surface area contributed by atoms with Crippen molar-refractivity contribution in [2.75, 3.05) is 44.4 Å². The number of urea groups is 1. The number of aliphatic hydroxyl groups is 1. The van der Waals surface area contributed by atoms with Crippen LogP contribution >= 0.6 is 0 Å². The first-order valence-corrected chi connectivity index (χ1v) is 10.1. The van der Waals surface area contributed by atoms with Crippen LogP contribution < -0.4 is 15.5 Å². The van der Waals surface area contributed by atoms with Gasteiger partial charge in [-0.05, 0) is 37.3 Å². The summed E-state index contributed by atoms with van der Waals surface area (Å²) in [7, 11) is 0. The summed E-state index contributed by atoms with van der Waals surface area (Å²) in [5, 5.41) is 15.4. The summed E-state index contributed by atoms with van der Waals surface area (Å²) in [5.41, 5.74) is 0.720. The Kier molecular flexibility index (Phi) is 7.29. The standard InChI is InChI=1S/C20H32N4O3/c25-16-20(7-11-27-12-8-20)15-23-19(26)22-14-17-5-6-18(21-13-17)24-9-3-1-2-4-10-24/h5-6,13,25H,1-4,7-12,14-16H2,(H2,22,23,26). The minimum Gasteiger partial charge on any atom is -0.396 e. The molecule has 1 aromatic heterocycles. The van der Waals surface area contributed by atoms with Crippen molar-refractivity contribution >= 4 is 11.8 Å². The van der Waals surface area contributed by atoms with E-state index >= 15 is 0 Å². The van der Waals surface area contributed by atoms with Crippen LogP contribution in [0.15, 0.2) is 18.3 Å². The van der Waals surface area contributed by atoms with Gasteiger partial charge in [0.05, 0.1) is 6.61 Å². The molecule has 2 saturated heterocycles. The molecule has 2 amide bonds. The Morgan fingerprint density at radius 2 is 1.89 bits per heavy atom. The fraction of sp³-hybridized carbons (Fsp3) is 0.700. The predicted octanol–water partition coefficient (Wildman–Crippen LogP) is 2.05. The summed E-state index contributed by atoms with van der Waals surface area (Å²) in [5.74, 6) is 1.02. The topological polar surface area (TPSA) is 86.7 Å². The van der Waals surface area contributed by atoms with Gasteiger partial charge in [-0.3, -0.25) is 0 Å². The number of aliphatic hydroxyl groups excluding tert-OH is 1. The summed E-state index contributed by atoms with van der Waals surface area (Å²) in [4.78, 5) is 19.0. The number of anilines is 1. The summed E-state index contributed by atoms with van der Waals surface area (Å²) in [6, 6.07) is 3.86. The molecule has 7 heteroatoms. The molecule has 2 aliphatic rings. The van der Waals surface area contributed by atoms with Gasteiger partial charge >= 0.3 is 6.03 Å². The van der Waals surface area contributed by atoms with Crippen molar-refractivity contribution in [1.29, 1.82) is 0 Å². The van der Waals surface area contributed by atoms with Crippen LogP contribution in [0.1, 0.15) is 44.1 Å². The van der Waals surface area contributed by atoms with Crippen LogP contribution in [-0.4, -0.2) is 55.6 Å². The Hall–Kier alpha value is -1.86. The Morgan fingerprint density at radius 1 is 1.15 bits per heavy atom. The lowest BCUT2D eigenvalue weighted by Gasteiger charge is -2.35. The lowest BCUT2D eigenvalue weighted by atomic mass is 9.81. The Bertz CT molecular complexity index is 579. The predicted molar refractivity (Wildman–Crippen MR) is 105 cm³/mol. The molecule has 0 bridgehead atoms. The average molecular weight is 377 g/mol. The summed E-state index contributed by atoms with van der Waals surface area (Å²) >= 11 is 0. The van der Waals surface area contributed by atoms with E-state index in [-0.39, 0.29) is 18.1 Å². The number of aromatic nitrogens is 1. The van der Waals surface area contributed by atoms with E-state index in [1.165, 1.54) is 25.7 Å². The van der Waals surface area contributed by atoms with E-state index in [0.717, 1.165) is 37.3 Å². The maximum Gasteiger partial charge on any atom is 0.315 e. The first kappa shape index (κ1) is 19.9. The highest BCUT2D eigenvalue weighted by molar-refractivity contribution is 5.73. The number of nitrogens with one attached hydrogen (secondary N) is 2. The normalized spacial score (nSPS) is 20.0. The van der Waals surface area contributed by atoms with E-state index in [9.17, 15) is 9.90 Å². The van der Waals surface area contributed by atoms with Gasteiger partial charge in [0.1, 0.15) is 5.82 Å². The summed E-state index contributed by atoms with van der Waals surface area (Å²) < 4.78 is 5.35. The zero-order valence-electron chi connectivity index (χ0n) is 16.1. The molecule has 0 unspecified atom stereocenters. The van der Waals surface area contributed by atoms with Gasteiger partial charge in [-0.25, -0.2) is 9.78 Å². The van der Waals surface area contributed by atoms with Gasteiger partial charge in [-0.2, -0.15) is 0 Å². The van der Waals surface area contributed by atoms with Gasteiger partial charge in [0.2, 0.25) is 0 Å². The maximum atomic E-state index is 12.1. The van der Waals surface area contributed by atoms with Gasteiger partial charge < -0.3 is 25.4 Å². The monoisotopic (exact) mass is 376 g/mol. The number of amides is 2. The minimum atomic E-state index is -0.258. The number of carbonyl (C=O) groups is 1. The highest BCUT2D eigenvalue weighted by Crippen LogP contribution is 2.28. The number of hydrogen-bond acceptors (Lipinski definition) is 5. The number of carbonyl (C=O) groups excluding carboxylic acids is 1. The highest BCUT2D eigenvalue weighted by atomic mass is 16.5. The van der Waals surface area contributed by atoms with Crippen molar-refractivity contribution in [3.8, 4) is 0 Å². The smallest absolute Gasteiger partial charge is 0.315 e. The second kappa shape index (κ2) is 9.90. The molecule has 7 nitrogen and oxygen atoms in total. The van der Waals surface area contributed by atoms with E-state index in [4.69, 9.17) is 4.74 Å². The molecule has 1 aromatic rings. The number of hydrogen-bond donors (Lipinski definition) is 3. The van der Waals surface area contributed by atoms with Gasteiger partial charge in [-0.15, -0.1) is 0 Å². The molecular weight excluding hydrogens is 344 g/mol. The Labute approximate surface area is 161 Å². The lowest BCUT2D eigenvalue weighted by molar-refractivity contribution is -0.0138. The van der Waals surface area contributed by atoms with Crippen molar-refractivity contribution in [3.63, 3.8) is 0 Å². The van der Waals surface area contributed by atoms with Crippen molar-refractivity contribution in [2.45, 2.75) is 45.1 Å². The molecule has 3 N–H and O–H groups in total. The SMILES string of the molecule is O=C(NCc1ccc(N2CCCCCC2)nc1)NCC1(CO)CCOCC1. The van der Waals surface area contributed by atoms with Crippen LogP contribution in [0.25, 0.3) is 0 Å². The van der Waals surface area contributed by atoms with Gasteiger partial charge in [-0.1, -0.05) is 18.9 Å². The maximum absolute atomic E-state index is 12.1. The van der Waals surface area contributed by atoms with E-state index in [1.807, 2.05) is 18.3 Å². The quantitative estimate of drug-likeness (QED) is 0.707. The molecule has 2 fully saturated rings. The second-order valence-corrected chi connectivity index (χ2v) is 7.73. The molecule has 0 radical (unpaired) electrons. The van der Waals surface area contributed by atoms with Crippen LogP contribution in [0.2, 0.25) is 0 Å². The van der Waals surface area contributed by atoms with Crippen LogP contribution in [0.4, 0.5) is 10.6 Å². The van der Waals surface area contributed by atoms with Crippen molar-refractivity contribution in [1.82, 2.24) is 15.6 Å². The van der Waals surface area contributed by atoms with E-state index in [1.54, 1.807) is 0 Å². The average Bonchev–Trinajstić information content (AvgIpc) is 3.01. The lowest BCUT2D eigenvalue weighted by Crippen LogP contribution is -2.46. The van der Waals surface area contributed by atoms with Crippen molar-refractivity contribution in [2.24, 2.45) is 5.41 Å². The fourth-order valence-electron chi connectivity index (χ4n) is 3.72. The van der Waals surface area contributed by atoms with Crippen LogP contribution in [0.5, 0.6) is 0 Å². The zero-order valence-corrected chi connectivity index (χ0v) is 16.1. The zero-order chi connectivity index (χ0) is 19.0. The summed E-state index contributed by atoms with van der Waals surface area (Å²) in [6.07, 6.45) is 8.45. The molecular formula is C20H32N4O3. The van der Waals surface area contributed by atoms with Crippen molar-refractivity contribution < 1.29 is 14.6 Å². The van der Waals surface area contributed by atoms with Crippen LogP contribution in [0, 0.1) is 5.41 Å². The van der Waals surface area contributed by atoms with Crippen LogP contribution in [0.3, 0.4) is 0 Å². The van der Waals surface area contributed by atoms with Gasteiger partial charge in [0, 0.05) is 51.0 Å². The van der Waals surface area contributed by atoms with E-state index < -0.39 is 0 Å². The molecule has 3 heterocycles. The third-order valence-corrected chi connectivity index (χ3v) is 5.71. The highest BCUT2D eigenvalue weighted by Gasteiger charge is 2.32. The fourth-order valence-corrected chi connectivity index (χ4v) is 3.72. The van der Waals surface area contributed by atoms with Crippen molar-refractivity contribution in [3.05, 3.63) is 23.9 Å². The Balaban J connectivity index is 1.43. The number of pyridine rings is 1. The van der Waals surface area contributed by atoms with Gasteiger partial charge in [0.15, 0.2) is 0 Å². The van der Waals surface area contributed by atoms with Crippen LogP contribution in [-0.2, 0) is 11.3 Å². The molecule has 3 rings (SSSR count). The number of nitrogens with zero attached hydrogens (tertiary/aromatic N) is 2. The van der Waals surface area contributed by atoms with E-state index in [0.29, 0.717) is 26.3 Å². The van der Waals surface area contributed by atoms with E-state index in [2.05, 4.69) is 20.5 Å². The van der Waals surface area contributed by atoms with Gasteiger partial charge in [0.25, 0.3) is 0 Å². The third-order valence-electron chi connectivity index (χ3n) is 5.71. The molecule has 0 aliphatic carbocycles. The second-order valence-electron chi connectivity index (χ2n) is 7.73. The third kappa shape index (κ3) is 5.81. The molecule has 0 atom stereocenters. The molecule has 150 valence electrons. The molecule has 2 aliphatic heterocycles. The largest absolute Gasteiger partial charge is 0.396 e. The first-order chi connectivity index (χ1) is 13.2. The summed E-state index contributed by atoms with van der Waals surface area (Å²) in [6.45, 7) is 4.39. The molecule has 27 heavy (non-hydrogen) atoms. The molecule has 0 aromatic carbocycles.